The van der Waals surface area contributed by atoms with E-state index in [1.54, 1.807) is 0 Å². The third kappa shape index (κ3) is 4.35. The van der Waals surface area contributed by atoms with Crippen molar-refractivity contribution in [3.63, 3.8) is 0 Å². The van der Waals surface area contributed by atoms with Crippen LogP contribution in [0.1, 0.15) is 80.2 Å². The number of rotatable bonds is 4. The molecule has 3 fully saturated rings. The molecule has 0 N–H and O–H groups in total. The van der Waals surface area contributed by atoms with Crippen LogP contribution in [-0.4, -0.2) is 59.4 Å². The lowest BCUT2D eigenvalue weighted by Gasteiger charge is -2.43. The SMILES string of the molecule is F[C@H]1CN2CCC[C@@]2(COc2nc3c(c(N4CCCCCC4)n2)COC2(CCCc4c(Br)cccc42)C3)C1. The van der Waals surface area contributed by atoms with Gasteiger partial charge in [0.05, 0.1) is 23.4 Å². The normalized spacial score (nSPS) is 31.1. The smallest absolute Gasteiger partial charge is 0.318 e. The second kappa shape index (κ2) is 10.0. The zero-order chi connectivity index (χ0) is 25.7. The molecule has 1 spiro atoms. The molecule has 4 aliphatic heterocycles. The van der Waals surface area contributed by atoms with Crippen LogP contribution in [0.3, 0.4) is 0 Å². The Labute approximate surface area is 233 Å². The highest BCUT2D eigenvalue weighted by molar-refractivity contribution is 9.10. The van der Waals surface area contributed by atoms with Gasteiger partial charge in [0.25, 0.3) is 0 Å². The van der Waals surface area contributed by atoms with E-state index in [0.717, 1.165) is 75.2 Å². The summed E-state index contributed by atoms with van der Waals surface area (Å²) in [5.74, 6) is 0.989. The van der Waals surface area contributed by atoms with Crippen molar-refractivity contribution in [2.75, 3.05) is 37.7 Å². The highest BCUT2D eigenvalue weighted by Crippen LogP contribution is 2.47. The van der Waals surface area contributed by atoms with E-state index in [1.165, 1.54) is 41.3 Å². The molecule has 7 rings (SSSR count). The molecule has 5 aliphatic rings. The molecular formula is C30H38BrFN4O2. The summed E-state index contributed by atoms with van der Waals surface area (Å²) in [6, 6.07) is 6.95. The molecular weight excluding hydrogens is 547 g/mol. The minimum absolute atomic E-state index is 0.208. The van der Waals surface area contributed by atoms with Gasteiger partial charge in [-0.25, -0.2) is 4.39 Å². The Balaban J connectivity index is 1.24. The number of halogens is 2. The van der Waals surface area contributed by atoms with Crippen molar-refractivity contribution in [1.29, 1.82) is 0 Å². The van der Waals surface area contributed by atoms with Crippen LogP contribution in [-0.2, 0) is 29.8 Å². The minimum Gasteiger partial charge on any atom is -0.461 e. The zero-order valence-electron chi connectivity index (χ0n) is 22.2. The van der Waals surface area contributed by atoms with Crippen molar-refractivity contribution < 1.29 is 13.9 Å². The lowest BCUT2D eigenvalue weighted by Crippen LogP contribution is -2.44. The van der Waals surface area contributed by atoms with Gasteiger partial charge in [0.1, 0.15) is 18.6 Å². The lowest BCUT2D eigenvalue weighted by atomic mass is 9.75. The fourth-order valence-corrected chi connectivity index (χ4v) is 8.40. The van der Waals surface area contributed by atoms with Crippen LogP contribution in [0.4, 0.5) is 10.2 Å². The van der Waals surface area contributed by atoms with E-state index in [1.807, 2.05) is 0 Å². The lowest BCUT2D eigenvalue weighted by molar-refractivity contribution is -0.0856. The van der Waals surface area contributed by atoms with Gasteiger partial charge in [-0.15, -0.1) is 0 Å². The minimum atomic E-state index is -0.765. The van der Waals surface area contributed by atoms with E-state index < -0.39 is 6.17 Å². The number of nitrogens with zero attached hydrogens (tertiary/aromatic N) is 4. The number of hydrogen-bond donors (Lipinski definition) is 0. The summed E-state index contributed by atoms with van der Waals surface area (Å²) in [6.45, 7) is 4.48. The Morgan fingerprint density at radius 3 is 2.76 bits per heavy atom. The summed E-state index contributed by atoms with van der Waals surface area (Å²) in [4.78, 5) is 14.8. The van der Waals surface area contributed by atoms with Gasteiger partial charge < -0.3 is 14.4 Å². The van der Waals surface area contributed by atoms with Crippen LogP contribution >= 0.6 is 15.9 Å². The number of ether oxygens (including phenoxy) is 2. The van der Waals surface area contributed by atoms with Crippen LogP contribution in [0, 0.1) is 0 Å². The van der Waals surface area contributed by atoms with Crippen LogP contribution < -0.4 is 9.64 Å². The molecule has 38 heavy (non-hydrogen) atoms. The molecule has 5 heterocycles. The fraction of sp³-hybridized carbons (Fsp3) is 0.667. The Morgan fingerprint density at radius 1 is 1.03 bits per heavy atom. The molecule has 204 valence electrons. The summed E-state index contributed by atoms with van der Waals surface area (Å²) < 4.78 is 28.8. The van der Waals surface area contributed by atoms with Crippen molar-refractivity contribution in [2.24, 2.45) is 0 Å². The molecule has 0 bridgehead atoms. The van der Waals surface area contributed by atoms with Gasteiger partial charge in [-0.2, -0.15) is 9.97 Å². The first kappa shape index (κ1) is 25.2. The number of benzene rings is 1. The van der Waals surface area contributed by atoms with E-state index in [2.05, 4.69) is 43.9 Å². The molecule has 8 heteroatoms. The second-order valence-electron chi connectivity index (χ2n) is 12.1. The van der Waals surface area contributed by atoms with Gasteiger partial charge in [-0.1, -0.05) is 40.9 Å². The van der Waals surface area contributed by atoms with Crippen molar-refractivity contribution in [2.45, 2.75) is 94.5 Å². The van der Waals surface area contributed by atoms with E-state index in [9.17, 15) is 4.39 Å². The monoisotopic (exact) mass is 584 g/mol. The molecule has 3 saturated heterocycles. The Morgan fingerprint density at radius 2 is 1.89 bits per heavy atom. The third-order valence-electron chi connectivity index (χ3n) is 9.75. The predicted octanol–water partition coefficient (Wildman–Crippen LogP) is 5.88. The van der Waals surface area contributed by atoms with Gasteiger partial charge >= 0.3 is 6.01 Å². The summed E-state index contributed by atoms with van der Waals surface area (Å²) in [6.07, 6.45) is 10.7. The molecule has 2 aromatic rings. The highest BCUT2D eigenvalue weighted by atomic mass is 79.9. The fourth-order valence-electron chi connectivity index (χ4n) is 7.84. The van der Waals surface area contributed by atoms with Crippen molar-refractivity contribution >= 4 is 21.7 Å². The first-order valence-corrected chi connectivity index (χ1v) is 15.4. The maximum Gasteiger partial charge on any atom is 0.318 e. The van der Waals surface area contributed by atoms with Crippen LogP contribution in [0.2, 0.25) is 0 Å². The molecule has 6 nitrogen and oxygen atoms in total. The molecule has 0 radical (unpaired) electrons. The highest BCUT2D eigenvalue weighted by Gasteiger charge is 2.49. The molecule has 0 saturated carbocycles. The quantitative estimate of drug-likeness (QED) is 0.447. The topological polar surface area (TPSA) is 50.7 Å². The molecule has 1 aromatic carbocycles. The Hall–Kier alpha value is -1.77. The predicted molar refractivity (Wildman–Crippen MR) is 149 cm³/mol. The average molecular weight is 586 g/mol. The standard InChI is InChI=1S/C30H38BrFN4O2/c31-25-10-5-9-24-22(25)8-6-12-30(24)17-26-23(19-38-30)27(35-13-3-1-2-4-14-35)34-28(33-26)37-20-29-11-7-15-36(29)18-21(32)16-29/h5,9-10,21H,1-4,6-8,11-20H2/t21-,29+,30?/m1/s1. The number of anilines is 1. The van der Waals surface area contributed by atoms with Gasteiger partial charge in [0.15, 0.2) is 0 Å². The summed E-state index contributed by atoms with van der Waals surface area (Å²) in [5, 5.41) is 0. The molecule has 1 aliphatic carbocycles. The Kier molecular flexibility index (Phi) is 6.64. The zero-order valence-corrected chi connectivity index (χ0v) is 23.8. The second-order valence-corrected chi connectivity index (χ2v) is 13.0. The largest absolute Gasteiger partial charge is 0.461 e. The summed E-state index contributed by atoms with van der Waals surface area (Å²) in [5.41, 5.74) is 4.27. The van der Waals surface area contributed by atoms with E-state index >= 15 is 0 Å². The van der Waals surface area contributed by atoms with Crippen molar-refractivity contribution in [1.82, 2.24) is 14.9 Å². The van der Waals surface area contributed by atoms with E-state index in [0.29, 0.717) is 32.2 Å². The number of hydrogen-bond acceptors (Lipinski definition) is 6. The third-order valence-corrected chi connectivity index (χ3v) is 10.5. The molecule has 1 aromatic heterocycles. The van der Waals surface area contributed by atoms with Crippen LogP contribution in [0.5, 0.6) is 6.01 Å². The summed E-state index contributed by atoms with van der Waals surface area (Å²) >= 11 is 3.79. The first-order chi connectivity index (χ1) is 18.6. The number of alkyl halides is 1. The molecule has 1 unspecified atom stereocenters. The maximum atomic E-state index is 14.4. The van der Waals surface area contributed by atoms with E-state index in [-0.39, 0.29) is 11.1 Å². The summed E-state index contributed by atoms with van der Waals surface area (Å²) in [7, 11) is 0. The molecule has 3 atom stereocenters. The van der Waals surface area contributed by atoms with Gasteiger partial charge in [0, 0.05) is 42.5 Å². The van der Waals surface area contributed by atoms with Crippen molar-refractivity contribution in [3.05, 3.63) is 45.1 Å². The molecule has 0 amide bonds. The van der Waals surface area contributed by atoms with Gasteiger partial charge in [-0.05, 0) is 68.7 Å². The van der Waals surface area contributed by atoms with Crippen LogP contribution in [0.15, 0.2) is 22.7 Å². The number of aromatic nitrogens is 2. The van der Waals surface area contributed by atoms with Crippen LogP contribution in [0.25, 0.3) is 0 Å². The van der Waals surface area contributed by atoms with Crippen molar-refractivity contribution in [3.8, 4) is 6.01 Å². The van der Waals surface area contributed by atoms with Gasteiger partial charge in [-0.3, -0.25) is 4.90 Å². The Bertz CT molecular complexity index is 1210. The maximum absolute atomic E-state index is 14.4. The first-order valence-electron chi connectivity index (χ1n) is 14.6. The van der Waals surface area contributed by atoms with E-state index in [4.69, 9.17) is 19.4 Å². The number of fused-ring (bicyclic) bond motifs is 4. The average Bonchev–Trinajstić information content (AvgIpc) is 3.29. The van der Waals surface area contributed by atoms with Gasteiger partial charge in [0.2, 0.25) is 0 Å².